The van der Waals surface area contributed by atoms with Crippen LogP contribution < -0.4 is 11.1 Å². The number of amides is 1. The lowest BCUT2D eigenvalue weighted by Gasteiger charge is -2.28. The molecule has 3 nitrogen and oxygen atoms in total. The highest BCUT2D eigenvalue weighted by Crippen LogP contribution is 2.23. The lowest BCUT2D eigenvalue weighted by molar-refractivity contribution is -0.123. The van der Waals surface area contributed by atoms with E-state index in [-0.39, 0.29) is 5.91 Å². The van der Waals surface area contributed by atoms with E-state index in [9.17, 15) is 4.79 Å². The lowest BCUT2D eigenvalue weighted by atomic mass is 9.86. The number of nitrogens with one attached hydrogen (secondary N) is 1. The highest BCUT2D eigenvalue weighted by molar-refractivity contribution is 5.76. The molecule has 1 fully saturated rings. The molecule has 1 amide bonds. The van der Waals surface area contributed by atoms with Gasteiger partial charge in [0, 0.05) is 12.5 Å². The first-order valence-electron chi connectivity index (χ1n) is 7.50. The van der Waals surface area contributed by atoms with Gasteiger partial charge in [-0.15, -0.1) is 0 Å². The van der Waals surface area contributed by atoms with Crippen LogP contribution in [0.3, 0.4) is 0 Å². The number of hydrogen-bond acceptors (Lipinski definition) is 2. The minimum Gasteiger partial charge on any atom is -0.353 e. The van der Waals surface area contributed by atoms with Crippen molar-refractivity contribution in [1.29, 1.82) is 0 Å². The van der Waals surface area contributed by atoms with Crippen molar-refractivity contribution in [3.05, 3.63) is 0 Å². The van der Waals surface area contributed by atoms with Gasteiger partial charge in [-0.25, -0.2) is 0 Å². The molecule has 0 spiro atoms. The van der Waals surface area contributed by atoms with Crippen LogP contribution in [0.1, 0.15) is 59.3 Å². The fourth-order valence-corrected chi connectivity index (χ4v) is 3.04. The predicted molar refractivity (Wildman–Crippen MR) is 76.2 cm³/mol. The molecule has 3 atom stereocenters. The number of nitrogens with two attached hydrogens (primary N) is 1. The summed E-state index contributed by atoms with van der Waals surface area (Å²) in [5.74, 6) is 1.90. The van der Waals surface area contributed by atoms with E-state index in [2.05, 4.69) is 26.1 Å². The van der Waals surface area contributed by atoms with E-state index >= 15 is 0 Å². The molecule has 1 rings (SSSR count). The summed E-state index contributed by atoms with van der Waals surface area (Å²) >= 11 is 0. The third kappa shape index (κ3) is 5.85. The highest BCUT2D eigenvalue weighted by Gasteiger charge is 2.21. The summed E-state index contributed by atoms with van der Waals surface area (Å²) in [5.41, 5.74) is 5.74. The molecule has 0 radical (unpaired) electrons. The number of rotatable bonds is 6. The molecule has 18 heavy (non-hydrogen) atoms. The Balaban J connectivity index is 2.30. The first kappa shape index (κ1) is 15.5. The van der Waals surface area contributed by atoms with Gasteiger partial charge in [0.15, 0.2) is 0 Å². The van der Waals surface area contributed by atoms with E-state index in [0.717, 1.165) is 25.2 Å². The predicted octanol–water partition coefficient (Wildman–Crippen LogP) is 2.69. The largest absolute Gasteiger partial charge is 0.353 e. The summed E-state index contributed by atoms with van der Waals surface area (Å²) < 4.78 is 0. The van der Waals surface area contributed by atoms with Crippen LogP contribution in [0.5, 0.6) is 0 Å². The van der Waals surface area contributed by atoms with Gasteiger partial charge in [-0.1, -0.05) is 33.6 Å². The zero-order valence-electron chi connectivity index (χ0n) is 12.2. The zero-order chi connectivity index (χ0) is 13.5. The standard InChI is InChI=1S/C15H30N2O/c1-11(2)7-13(10-16)9-15(18)17-14-6-4-5-12(3)8-14/h11-14H,4-10,16H2,1-3H3,(H,17,18). The molecule has 0 saturated heterocycles. The normalized spacial score (nSPS) is 26.1. The van der Waals surface area contributed by atoms with Crippen LogP contribution >= 0.6 is 0 Å². The summed E-state index contributed by atoms with van der Waals surface area (Å²) in [4.78, 5) is 12.0. The van der Waals surface area contributed by atoms with Crippen LogP contribution in [0.25, 0.3) is 0 Å². The van der Waals surface area contributed by atoms with Crippen molar-refractivity contribution in [1.82, 2.24) is 5.32 Å². The van der Waals surface area contributed by atoms with Crippen LogP contribution in [-0.4, -0.2) is 18.5 Å². The van der Waals surface area contributed by atoms with E-state index < -0.39 is 0 Å². The van der Waals surface area contributed by atoms with E-state index in [4.69, 9.17) is 5.73 Å². The van der Waals surface area contributed by atoms with E-state index in [1.54, 1.807) is 0 Å². The van der Waals surface area contributed by atoms with E-state index in [1.165, 1.54) is 12.8 Å². The Hall–Kier alpha value is -0.570. The Morgan fingerprint density at radius 1 is 1.39 bits per heavy atom. The molecule has 0 aromatic rings. The summed E-state index contributed by atoms with van der Waals surface area (Å²) in [6.45, 7) is 7.26. The molecule has 0 aromatic carbocycles. The minimum absolute atomic E-state index is 0.199. The first-order valence-corrected chi connectivity index (χ1v) is 7.50. The monoisotopic (exact) mass is 254 g/mol. The molecule has 106 valence electrons. The Morgan fingerprint density at radius 2 is 2.11 bits per heavy atom. The number of hydrogen-bond donors (Lipinski definition) is 2. The third-order valence-electron chi connectivity index (χ3n) is 3.91. The summed E-state index contributed by atoms with van der Waals surface area (Å²) in [5, 5.41) is 3.19. The molecule has 3 heteroatoms. The van der Waals surface area contributed by atoms with Crippen molar-refractivity contribution in [3.8, 4) is 0 Å². The second-order valence-corrected chi connectivity index (χ2v) is 6.47. The average molecular weight is 254 g/mol. The maximum atomic E-state index is 12.0. The fourth-order valence-electron chi connectivity index (χ4n) is 3.04. The van der Waals surface area contributed by atoms with Crippen molar-refractivity contribution < 1.29 is 4.79 Å². The SMILES string of the molecule is CC(C)CC(CN)CC(=O)NC1CCCC(C)C1. The smallest absolute Gasteiger partial charge is 0.220 e. The molecule has 0 heterocycles. The Kier molecular flexibility index (Phi) is 6.69. The van der Waals surface area contributed by atoms with E-state index in [1.807, 2.05) is 0 Å². The summed E-state index contributed by atoms with van der Waals surface area (Å²) in [6, 6.07) is 0.402. The second-order valence-electron chi connectivity index (χ2n) is 6.47. The lowest BCUT2D eigenvalue weighted by Crippen LogP contribution is -2.39. The molecule has 1 aliphatic carbocycles. The molecule has 3 N–H and O–H groups in total. The topological polar surface area (TPSA) is 55.1 Å². The van der Waals surface area contributed by atoms with Crippen LogP contribution in [0.4, 0.5) is 0 Å². The fraction of sp³-hybridized carbons (Fsp3) is 0.933. The number of carbonyl (C=O) groups is 1. The Labute approximate surface area is 112 Å². The maximum absolute atomic E-state index is 12.0. The quantitative estimate of drug-likeness (QED) is 0.765. The van der Waals surface area contributed by atoms with Gasteiger partial charge < -0.3 is 11.1 Å². The van der Waals surface area contributed by atoms with E-state index in [0.29, 0.717) is 30.8 Å². The van der Waals surface area contributed by atoms with Crippen molar-refractivity contribution in [2.24, 2.45) is 23.5 Å². The highest BCUT2D eigenvalue weighted by atomic mass is 16.1. The summed E-state index contributed by atoms with van der Waals surface area (Å²) in [6.07, 6.45) is 6.49. The first-order chi connectivity index (χ1) is 8.51. The van der Waals surface area contributed by atoms with Gasteiger partial charge >= 0.3 is 0 Å². The molecule has 0 aliphatic heterocycles. The van der Waals surface area contributed by atoms with Crippen molar-refractivity contribution in [3.63, 3.8) is 0 Å². The molecule has 3 unspecified atom stereocenters. The molecular formula is C15H30N2O. The third-order valence-corrected chi connectivity index (χ3v) is 3.91. The van der Waals surface area contributed by atoms with Gasteiger partial charge in [0.1, 0.15) is 0 Å². The summed E-state index contributed by atoms with van der Waals surface area (Å²) in [7, 11) is 0. The van der Waals surface area contributed by atoms with Gasteiger partial charge in [0.05, 0.1) is 0 Å². The molecule has 0 bridgehead atoms. The zero-order valence-corrected chi connectivity index (χ0v) is 12.2. The Morgan fingerprint density at radius 3 is 2.67 bits per heavy atom. The molecule has 0 aromatic heterocycles. The van der Waals surface area contributed by atoms with Crippen LogP contribution in [0.15, 0.2) is 0 Å². The second kappa shape index (κ2) is 7.78. The van der Waals surface area contributed by atoms with Gasteiger partial charge in [-0.3, -0.25) is 4.79 Å². The maximum Gasteiger partial charge on any atom is 0.220 e. The van der Waals surface area contributed by atoms with Gasteiger partial charge in [0.25, 0.3) is 0 Å². The van der Waals surface area contributed by atoms with Crippen molar-refractivity contribution in [2.75, 3.05) is 6.54 Å². The molecular weight excluding hydrogens is 224 g/mol. The van der Waals surface area contributed by atoms with Crippen LogP contribution in [0.2, 0.25) is 0 Å². The van der Waals surface area contributed by atoms with Gasteiger partial charge in [-0.05, 0) is 43.6 Å². The minimum atomic E-state index is 0.199. The number of carbonyl (C=O) groups excluding carboxylic acids is 1. The molecule has 1 aliphatic rings. The Bertz CT molecular complexity index is 245. The van der Waals surface area contributed by atoms with Crippen molar-refractivity contribution in [2.45, 2.75) is 65.3 Å². The van der Waals surface area contributed by atoms with Crippen LogP contribution in [0, 0.1) is 17.8 Å². The van der Waals surface area contributed by atoms with Crippen LogP contribution in [-0.2, 0) is 4.79 Å². The molecule has 1 saturated carbocycles. The van der Waals surface area contributed by atoms with Gasteiger partial charge in [0.2, 0.25) is 5.91 Å². The van der Waals surface area contributed by atoms with Gasteiger partial charge in [-0.2, -0.15) is 0 Å². The average Bonchev–Trinajstić information content (AvgIpc) is 2.27. The van der Waals surface area contributed by atoms with Crippen molar-refractivity contribution >= 4 is 5.91 Å².